The molecule has 2 aliphatic heterocycles. The van der Waals surface area contributed by atoms with Gasteiger partial charge in [0.2, 0.25) is 0 Å². The molecule has 0 spiro atoms. The molecule has 0 saturated carbocycles. The lowest BCUT2D eigenvalue weighted by Gasteiger charge is -2.41. The summed E-state index contributed by atoms with van der Waals surface area (Å²) >= 11 is 1.36. The Morgan fingerprint density at radius 1 is 1.15 bits per heavy atom. The Hall–Kier alpha value is -3.47. The van der Waals surface area contributed by atoms with Gasteiger partial charge in [-0.2, -0.15) is 0 Å². The van der Waals surface area contributed by atoms with Crippen molar-refractivity contribution in [3.8, 4) is 11.1 Å². The molecule has 1 amide bonds. The number of carbonyl (C=O) groups is 1. The number of nitrogens with one attached hydrogen (secondary N) is 2. The number of benzene rings is 1. The van der Waals surface area contributed by atoms with E-state index in [1.165, 1.54) is 35.6 Å². The van der Waals surface area contributed by atoms with E-state index in [2.05, 4.69) is 42.0 Å². The van der Waals surface area contributed by atoms with Crippen molar-refractivity contribution in [3.05, 3.63) is 80.6 Å². The first-order valence-electron chi connectivity index (χ1n) is 17.0. The molecule has 2 unspecified atom stereocenters. The van der Waals surface area contributed by atoms with Crippen LogP contribution in [0.4, 0.5) is 4.39 Å². The average molecular weight is 658 g/mol. The zero-order valence-corrected chi connectivity index (χ0v) is 28.3. The van der Waals surface area contributed by atoms with Gasteiger partial charge in [0.05, 0.1) is 12.1 Å². The number of ether oxygens (including phenoxy) is 1. The summed E-state index contributed by atoms with van der Waals surface area (Å²) in [7, 11) is 0. The smallest absolute Gasteiger partial charge is 0.283 e. The van der Waals surface area contributed by atoms with E-state index in [1.807, 2.05) is 24.3 Å². The van der Waals surface area contributed by atoms with Crippen molar-refractivity contribution in [2.24, 2.45) is 17.3 Å². The molecule has 1 aromatic carbocycles. The summed E-state index contributed by atoms with van der Waals surface area (Å²) < 4.78 is 20.0. The highest BCUT2D eigenvalue weighted by Crippen LogP contribution is 2.38. The van der Waals surface area contributed by atoms with Gasteiger partial charge in [0.1, 0.15) is 10.3 Å². The third-order valence-electron chi connectivity index (χ3n) is 10.5. The molecule has 1 aliphatic carbocycles. The van der Waals surface area contributed by atoms with Crippen LogP contribution < -0.4 is 10.9 Å². The lowest BCUT2D eigenvalue weighted by atomic mass is 9.71. The van der Waals surface area contributed by atoms with Crippen LogP contribution in [0.5, 0.6) is 0 Å². The second-order valence-corrected chi connectivity index (χ2v) is 15.6. The molecule has 2 N–H and O–H groups in total. The molecule has 3 aromatic heterocycles. The first kappa shape index (κ1) is 32.1. The van der Waals surface area contributed by atoms with Crippen LogP contribution in [0.2, 0.25) is 0 Å². The van der Waals surface area contributed by atoms with Crippen molar-refractivity contribution in [1.29, 1.82) is 0 Å². The Labute approximate surface area is 279 Å². The minimum Gasteiger partial charge on any atom is -0.378 e. The number of aryl methyl sites for hydroxylation is 1. The first-order valence-corrected chi connectivity index (χ1v) is 17.8. The van der Waals surface area contributed by atoms with Crippen LogP contribution in [0.1, 0.15) is 85.5 Å². The van der Waals surface area contributed by atoms with Gasteiger partial charge in [0.15, 0.2) is 10.8 Å². The van der Waals surface area contributed by atoms with Crippen molar-refractivity contribution < 1.29 is 13.9 Å². The van der Waals surface area contributed by atoms with Gasteiger partial charge in [-0.15, -0.1) is 0 Å². The van der Waals surface area contributed by atoms with Crippen molar-refractivity contribution in [3.63, 3.8) is 0 Å². The number of rotatable bonds is 7. The molecule has 8 nitrogen and oxygen atoms in total. The lowest BCUT2D eigenvalue weighted by molar-refractivity contribution is -0.0664. The third-order valence-corrected chi connectivity index (χ3v) is 11.5. The molecule has 248 valence electrons. The lowest BCUT2D eigenvalue weighted by Crippen LogP contribution is -2.47. The SMILES string of the molecule is CC(C)(C)[C@H]1CCc2nc3sc(C(=O)N[C@H](CCN4CCC5OCCCC5C4)c4ccc(-c5c[nH]c(=O)c(F)c5)cc4)nc3cc2C1. The van der Waals surface area contributed by atoms with Gasteiger partial charge in [-0.1, -0.05) is 56.4 Å². The Balaban J connectivity index is 1.11. The number of aromatic nitrogens is 3. The second kappa shape index (κ2) is 13.2. The number of piperidine rings is 1. The van der Waals surface area contributed by atoms with Gasteiger partial charge < -0.3 is 19.9 Å². The highest BCUT2D eigenvalue weighted by Gasteiger charge is 2.33. The van der Waals surface area contributed by atoms with Gasteiger partial charge in [-0.05, 0) is 91.0 Å². The maximum Gasteiger partial charge on any atom is 0.283 e. The molecule has 2 fully saturated rings. The van der Waals surface area contributed by atoms with E-state index in [1.54, 1.807) is 0 Å². The molecular weight excluding hydrogens is 614 g/mol. The van der Waals surface area contributed by atoms with Crippen LogP contribution in [0, 0.1) is 23.1 Å². The van der Waals surface area contributed by atoms with Crippen molar-refractivity contribution in [1.82, 2.24) is 25.2 Å². The number of thiazole rings is 1. The largest absolute Gasteiger partial charge is 0.378 e. The van der Waals surface area contributed by atoms with E-state index >= 15 is 0 Å². The summed E-state index contributed by atoms with van der Waals surface area (Å²) in [5, 5.41) is 3.72. The Morgan fingerprint density at radius 3 is 2.77 bits per heavy atom. The van der Waals surface area contributed by atoms with Gasteiger partial charge in [0.25, 0.3) is 11.5 Å². The topological polar surface area (TPSA) is 100 Å². The summed E-state index contributed by atoms with van der Waals surface area (Å²) in [4.78, 5) is 40.8. The monoisotopic (exact) mass is 657 g/mol. The molecular formula is C37H44FN5O3S. The maximum atomic E-state index is 14.0. The van der Waals surface area contributed by atoms with Gasteiger partial charge in [-0.3, -0.25) is 9.59 Å². The fourth-order valence-corrected chi connectivity index (χ4v) is 8.44. The van der Waals surface area contributed by atoms with Crippen LogP contribution in [0.25, 0.3) is 21.5 Å². The van der Waals surface area contributed by atoms with Crippen LogP contribution in [-0.4, -0.2) is 58.1 Å². The minimum absolute atomic E-state index is 0.199. The van der Waals surface area contributed by atoms with E-state index in [9.17, 15) is 14.0 Å². The average Bonchev–Trinajstić information content (AvgIpc) is 3.49. The van der Waals surface area contributed by atoms with Crippen molar-refractivity contribution in [2.45, 2.75) is 77.9 Å². The Kier molecular flexibility index (Phi) is 9.02. The van der Waals surface area contributed by atoms with Gasteiger partial charge >= 0.3 is 0 Å². The zero-order chi connectivity index (χ0) is 32.7. The molecule has 7 rings (SSSR count). The molecule has 10 heteroatoms. The fourth-order valence-electron chi connectivity index (χ4n) is 7.60. The fraction of sp³-hybridized carbons (Fsp3) is 0.514. The highest BCUT2D eigenvalue weighted by molar-refractivity contribution is 7.19. The summed E-state index contributed by atoms with van der Waals surface area (Å²) in [5.74, 6) is 0.156. The van der Waals surface area contributed by atoms with E-state index in [0.717, 1.165) is 91.9 Å². The number of hydrogen-bond donors (Lipinski definition) is 2. The number of carbonyl (C=O) groups excluding carboxylic acids is 1. The van der Waals surface area contributed by atoms with Crippen LogP contribution >= 0.6 is 11.3 Å². The van der Waals surface area contributed by atoms with E-state index in [0.29, 0.717) is 28.5 Å². The number of likely N-dealkylation sites (tertiary alicyclic amines) is 1. The second-order valence-electron chi connectivity index (χ2n) is 14.6. The summed E-state index contributed by atoms with van der Waals surface area (Å²) in [5.41, 5.74) is 5.02. The quantitative estimate of drug-likeness (QED) is 0.230. The molecule has 5 heterocycles. The zero-order valence-electron chi connectivity index (χ0n) is 27.5. The molecule has 47 heavy (non-hydrogen) atoms. The van der Waals surface area contributed by atoms with Gasteiger partial charge in [0, 0.05) is 43.7 Å². The number of fused-ring (bicyclic) bond motifs is 3. The number of pyridine rings is 2. The summed E-state index contributed by atoms with van der Waals surface area (Å²) in [6.07, 6.45) is 9.09. The molecule has 4 atom stereocenters. The van der Waals surface area contributed by atoms with Crippen molar-refractivity contribution in [2.75, 3.05) is 26.2 Å². The van der Waals surface area contributed by atoms with Crippen LogP contribution in [0.3, 0.4) is 0 Å². The van der Waals surface area contributed by atoms with E-state index < -0.39 is 11.4 Å². The third kappa shape index (κ3) is 7.05. The Bertz CT molecular complexity index is 1810. The van der Waals surface area contributed by atoms with Crippen LogP contribution in [0.15, 0.2) is 47.4 Å². The number of aromatic amines is 1. The number of H-pyrrole nitrogens is 1. The molecule has 3 aliphatic rings. The Morgan fingerprint density at radius 2 is 1.98 bits per heavy atom. The van der Waals surface area contributed by atoms with Crippen LogP contribution in [-0.2, 0) is 17.6 Å². The maximum absolute atomic E-state index is 14.0. The normalized spacial score (nSPS) is 22.4. The first-order chi connectivity index (χ1) is 22.6. The predicted molar refractivity (Wildman–Crippen MR) is 183 cm³/mol. The molecule has 0 bridgehead atoms. The standard InChI is InChI=1S/C37H44FN5O3S/c1-37(2,3)27-10-11-29-25(17-27)19-31-35(41-29)47-36(42-31)34(45)40-30(12-14-43-15-13-32-24(21-43)5-4-16-46-32)23-8-6-22(7-9-23)26-18-28(38)33(44)39-20-26/h6-9,18-20,24,27,30,32H,4-5,10-17,21H2,1-3H3,(H,39,44)(H,40,45)/t24?,27-,30+,32?/m0/s1. The van der Waals surface area contributed by atoms with Gasteiger partial charge in [-0.25, -0.2) is 14.4 Å². The molecule has 2 saturated heterocycles. The number of amides is 1. The van der Waals surface area contributed by atoms with E-state index in [-0.39, 0.29) is 17.4 Å². The molecule has 4 aromatic rings. The predicted octanol–water partition coefficient (Wildman–Crippen LogP) is 6.70. The summed E-state index contributed by atoms with van der Waals surface area (Å²) in [6.45, 7) is 10.6. The molecule has 0 radical (unpaired) electrons. The number of hydrogen-bond acceptors (Lipinski definition) is 7. The highest BCUT2D eigenvalue weighted by atomic mass is 32.1. The van der Waals surface area contributed by atoms with Crippen molar-refractivity contribution >= 4 is 27.6 Å². The minimum atomic E-state index is -0.816. The number of nitrogens with zero attached hydrogens (tertiary/aromatic N) is 3. The number of halogens is 1. The van der Waals surface area contributed by atoms with E-state index in [4.69, 9.17) is 14.7 Å². The summed E-state index contributed by atoms with van der Waals surface area (Å²) in [6, 6.07) is 10.9.